The van der Waals surface area contributed by atoms with E-state index in [4.69, 9.17) is 5.11 Å². The van der Waals surface area contributed by atoms with E-state index >= 15 is 0 Å². The molecule has 94 valence electrons. The van der Waals surface area contributed by atoms with Crippen molar-refractivity contribution in [3.63, 3.8) is 0 Å². The molecule has 0 aromatic heterocycles. The molecule has 1 amide bonds. The lowest BCUT2D eigenvalue weighted by molar-refractivity contribution is -0.141. The minimum atomic E-state index is -1.20. The Kier molecular flexibility index (Phi) is 2.19. The average molecular weight is 248 g/mol. The fourth-order valence-corrected chi connectivity index (χ4v) is 2.92. The van der Waals surface area contributed by atoms with Crippen LogP contribution in [0.3, 0.4) is 0 Å². The lowest BCUT2D eigenvalue weighted by atomic mass is 9.96. The largest absolute Gasteiger partial charge is 0.480 e. The van der Waals surface area contributed by atoms with Gasteiger partial charge in [0, 0.05) is 11.6 Å². The maximum atomic E-state index is 11.2. The highest BCUT2D eigenvalue weighted by Crippen LogP contribution is 2.45. The van der Waals surface area contributed by atoms with Crippen molar-refractivity contribution in [2.75, 3.05) is 5.32 Å². The topological polar surface area (TPSA) is 89.9 Å². The summed E-state index contributed by atoms with van der Waals surface area (Å²) < 4.78 is 0. The standard InChI is InChI=1S/C12H12N2O4/c15-11(16)9-5-7-6-3-1-2-4-8(6)13-10(7)14(9)12(17)18/h1-4,7,9-10,13H,5H2,(H,15,16)(H,17,18). The molecule has 3 unspecified atom stereocenters. The van der Waals surface area contributed by atoms with E-state index in [1.54, 1.807) is 0 Å². The van der Waals surface area contributed by atoms with E-state index in [0.29, 0.717) is 6.42 Å². The number of aliphatic carboxylic acids is 1. The molecule has 1 aromatic rings. The summed E-state index contributed by atoms with van der Waals surface area (Å²) in [4.78, 5) is 23.4. The predicted molar refractivity (Wildman–Crippen MR) is 62.5 cm³/mol. The Labute approximate surface area is 103 Å². The van der Waals surface area contributed by atoms with Crippen LogP contribution < -0.4 is 5.32 Å². The number of hydrogen-bond acceptors (Lipinski definition) is 3. The van der Waals surface area contributed by atoms with Gasteiger partial charge < -0.3 is 15.5 Å². The van der Waals surface area contributed by atoms with Crippen molar-refractivity contribution in [2.24, 2.45) is 0 Å². The quantitative estimate of drug-likeness (QED) is 0.698. The van der Waals surface area contributed by atoms with Crippen LogP contribution in [-0.2, 0) is 4.79 Å². The van der Waals surface area contributed by atoms with Crippen molar-refractivity contribution in [1.82, 2.24) is 4.90 Å². The van der Waals surface area contributed by atoms with Gasteiger partial charge in [0.25, 0.3) is 0 Å². The molecule has 1 aromatic carbocycles. The zero-order chi connectivity index (χ0) is 12.9. The number of fused-ring (bicyclic) bond motifs is 3. The normalized spacial score (nSPS) is 28.4. The Morgan fingerprint density at radius 1 is 1.28 bits per heavy atom. The van der Waals surface area contributed by atoms with Crippen molar-refractivity contribution in [3.05, 3.63) is 29.8 Å². The van der Waals surface area contributed by atoms with Crippen LogP contribution in [0.1, 0.15) is 17.9 Å². The predicted octanol–water partition coefficient (Wildman–Crippen LogP) is 1.36. The number of carboxylic acids is 1. The van der Waals surface area contributed by atoms with Crippen LogP contribution in [0.2, 0.25) is 0 Å². The second-order valence-corrected chi connectivity index (χ2v) is 4.56. The highest BCUT2D eigenvalue weighted by molar-refractivity contribution is 5.82. The summed E-state index contributed by atoms with van der Waals surface area (Å²) in [5.41, 5.74) is 1.89. The molecule has 2 aliphatic heterocycles. The average Bonchev–Trinajstić information content (AvgIpc) is 2.83. The van der Waals surface area contributed by atoms with Gasteiger partial charge >= 0.3 is 12.1 Å². The Bertz CT molecular complexity index is 531. The van der Waals surface area contributed by atoms with Crippen molar-refractivity contribution in [1.29, 1.82) is 0 Å². The third-order valence-corrected chi connectivity index (χ3v) is 3.66. The van der Waals surface area contributed by atoms with Gasteiger partial charge in [-0.25, -0.2) is 9.59 Å². The summed E-state index contributed by atoms with van der Waals surface area (Å²) in [7, 11) is 0. The number of carboxylic acid groups (broad SMARTS) is 2. The number of benzene rings is 1. The van der Waals surface area contributed by atoms with Crippen LogP contribution in [0.15, 0.2) is 24.3 Å². The second-order valence-electron chi connectivity index (χ2n) is 4.56. The zero-order valence-corrected chi connectivity index (χ0v) is 9.41. The third kappa shape index (κ3) is 1.35. The number of para-hydroxylation sites is 1. The lowest BCUT2D eigenvalue weighted by Gasteiger charge is -2.24. The smallest absolute Gasteiger partial charge is 0.409 e. The highest BCUT2D eigenvalue weighted by Gasteiger charge is 2.51. The van der Waals surface area contributed by atoms with E-state index in [0.717, 1.165) is 16.2 Å². The maximum Gasteiger partial charge on any atom is 0.409 e. The van der Waals surface area contributed by atoms with Gasteiger partial charge in [-0.15, -0.1) is 0 Å². The van der Waals surface area contributed by atoms with Crippen molar-refractivity contribution >= 4 is 17.7 Å². The van der Waals surface area contributed by atoms with Gasteiger partial charge in [-0.05, 0) is 18.1 Å². The van der Waals surface area contributed by atoms with Crippen molar-refractivity contribution in [3.8, 4) is 0 Å². The minimum absolute atomic E-state index is 0.0848. The van der Waals surface area contributed by atoms with E-state index in [2.05, 4.69) is 5.32 Å². The summed E-state index contributed by atoms with van der Waals surface area (Å²) in [6, 6.07) is 6.56. The third-order valence-electron chi connectivity index (χ3n) is 3.66. The molecule has 0 bridgehead atoms. The van der Waals surface area contributed by atoms with Crippen LogP contribution in [0, 0.1) is 0 Å². The van der Waals surface area contributed by atoms with Gasteiger partial charge in [0.2, 0.25) is 0 Å². The molecule has 1 saturated heterocycles. The van der Waals surface area contributed by atoms with Crippen LogP contribution in [0.5, 0.6) is 0 Å². The summed E-state index contributed by atoms with van der Waals surface area (Å²) in [6.07, 6.45) is -1.35. The summed E-state index contributed by atoms with van der Waals surface area (Å²) >= 11 is 0. The van der Waals surface area contributed by atoms with Crippen LogP contribution in [0.4, 0.5) is 10.5 Å². The Morgan fingerprint density at radius 3 is 2.67 bits per heavy atom. The Balaban J connectivity index is 2.00. The number of nitrogens with one attached hydrogen (secondary N) is 1. The van der Waals surface area contributed by atoms with Crippen LogP contribution in [-0.4, -0.2) is 39.4 Å². The second kappa shape index (κ2) is 3.63. The molecular formula is C12H12N2O4. The molecule has 0 spiro atoms. The zero-order valence-electron chi connectivity index (χ0n) is 9.41. The SMILES string of the molecule is O=C(O)C1CC2c3ccccc3NC2N1C(=O)O. The molecule has 3 N–H and O–H groups in total. The van der Waals surface area contributed by atoms with Gasteiger partial charge in [0.1, 0.15) is 12.2 Å². The van der Waals surface area contributed by atoms with Gasteiger partial charge in [-0.2, -0.15) is 0 Å². The number of carbonyl (C=O) groups is 2. The van der Waals surface area contributed by atoms with Gasteiger partial charge in [-0.3, -0.25) is 4.90 Å². The number of amides is 1. The number of rotatable bonds is 1. The molecule has 3 atom stereocenters. The molecule has 0 radical (unpaired) electrons. The number of hydrogen-bond donors (Lipinski definition) is 3. The first-order chi connectivity index (χ1) is 8.59. The van der Waals surface area contributed by atoms with Crippen molar-refractivity contribution < 1.29 is 19.8 Å². The van der Waals surface area contributed by atoms with E-state index in [-0.39, 0.29) is 5.92 Å². The summed E-state index contributed by atoms with van der Waals surface area (Å²) in [6.45, 7) is 0. The van der Waals surface area contributed by atoms with Gasteiger partial charge in [0.15, 0.2) is 0 Å². The molecule has 3 rings (SSSR count). The molecule has 6 heteroatoms. The highest BCUT2D eigenvalue weighted by atomic mass is 16.4. The van der Waals surface area contributed by atoms with Gasteiger partial charge in [0.05, 0.1) is 0 Å². The lowest BCUT2D eigenvalue weighted by Crippen LogP contribution is -2.46. The molecule has 2 heterocycles. The fourth-order valence-electron chi connectivity index (χ4n) is 2.92. The first-order valence-corrected chi connectivity index (χ1v) is 5.69. The maximum absolute atomic E-state index is 11.2. The molecule has 0 saturated carbocycles. The fraction of sp³-hybridized carbons (Fsp3) is 0.333. The number of anilines is 1. The van der Waals surface area contributed by atoms with E-state index in [1.807, 2.05) is 24.3 Å². The molecule has 18 heavy (non-hydrogen) atoms. The van der Waals surface area contributed by atoms with Gasteiger partial charge in [-0.1, -0.05) is 18.2 Å². The first-order valence-electron chi connectivity index (χ1n) is 5.69. The molecule has 0 aliphatic carbocycles. The number of likely N-dealkylation sites (tertiary alicyclic amines) is 1. The van der Waals surface area contributed by atoms with E-state index in [1.165, 1.54) is 0 Å². The van der Waals surface area contributed by atoms with E-state index < -0.39 is 24.3 Å². The Hall–Kier alpha value is -2.24. The first kappa shape index (κ1) is 10.9. The summed E-state index contributed by atoms with van der Waals surface area (Å²) in [5, 5.41) is 21.4. The molecular weight excluding hydrogens is 236 g/mol. The molecule has 2 aliphatic rings. The van der Waals surface area contributed by atoms with Crippen LogP contribution >= 0.6 is 0 Å². The molecule has 1 fully saturated rings. The van der Waals surface area contributed by atoms with Crippen molar-refractivity contribution in [2.45, 2.75) is 24.5 Å². The monoisotopic (exact) mass is 248 g/mol. The van der Waals surface area contributed by atoms with Crippen LogP contribution in [0.25, 0.3) is 0 Å². The molecule has 6 nitrogen and oxygen atoms in total. The summed E-state index contributed by atoms with van der Waals surface area (Å²) in [5.74, 6) is -1.18. The Morgan fingerprint density at radius 2 is 2.00 bits per heavy atom. The minimum Gasteiger partial charge on any atom is -0.480 e. The van der Waals surface area contributed by atoms with E-state index in [9.17, 15) is 14.7 Å². The number of nitrogens with zero attached hydrogens (tertiary/aromatic N) is 1.